The molecule has 1 saturated heterocycles. The summed E-state index contributed by atoms with van der Waals surface area (Å²) in [6, 6.07) is 13.2. The van der Waals surface area contributed by atoms with Crippen molar-refractivity contribution < 1.29 is 22.8 Å². The van der Waals surface area contributed by atoms with Crippen molar-refractivity contribution in [3.63, 3.8) is 0 Å². The van der Waals surface area contributed by atoms with Crippen molar-refractivity contribution in [2.24, 2.45) is 5.92 Å². The summed E-state index contributed by atoms with van der Waals surface area (Å²) < 4.78 is 39.2. The molecular weight excluding hydrogens is 393 g/mol. The Labute approximate surface area is 173 Å². The average Bonchev–Trinajstić information content (AvgIpc) is 2.73. The van der Waals surface area contributed by atoms with Crippen molar-refractivity contribution in [3.8, 4) is 0 Å². The fraction of sp³-hybridized carbons (Fsp3) is 0.304. The zero-order valence-corrected chi connectivity index (χ0v) is 16.6. The summed E-state index contributed by atoms with van der Waals surface area (Å²) in [4.78, 5) is 26.5. The van der Waals surface area contributed by atoms with Gasteiger partial charge in [0.05, 0.1) is 5.56 Å². The van der Waals surface area contributed by atoms with Crippen molar-refractivity contribution in [2.75, 3.05) is 18.4 Å². The zero-order valence-electron chi connectivity index (χ0n) is 16.6. The van der Waals surface area contributed by atoms with Gasteiger partial charge in [0.1, 0.15) is 0 Å². The highest BCUT2D eigenvalue weighted by Gasteiger charge is 2.33. The lowest BCUT2D eigenvalue weighted by Gasteiger charge is -2.30. The highest BCUT2D eigenvalue weighted by molar-refractivity contribution is 5.94. The lowest BCUT2D eigenvalue weighted by Crippen LogP contribution is -2.40. The van der Waals surface area contributed by atoms with E-state index >= 15 is 0 Å². The summed E-state index contributed by atoms with van der Waals surface area (Å²) in [6.45, 7) is 2.24. The third-order valence-corrected chi connectivity index (χ3v) is 5.21. The molecule has 0 aromatic heterocycles. The molecule has 3 rings (SSSR count). The molecular formula is C23H23F3N2O2. The minimum atomic E-state index is -4.47. The highest BCUT2D eigenvalue weighted by atomic mass is 19.4. The molecule has 158 valence electrons. The topological polar surface area (TPSA) is 49.4 Å². The Morgan fingerprint density at radius 2 is 1.73 bits per heavy atom. The SMILES string of the molecule is Cc1ccc(NC(=O)C2CCN(C(=O)/C=C/c3ccccc3)CC2)cc1C(F)(F)F. The number of hydrogen-bond acceptors (Lipinski definition) is 2. The van der Waals surface area contributed by atoms with Crippen LogP contribution in [0.3, 0.4) is 0 Å². The first kappa shape index (κ1) is 21.6. The summed E-state index contributed by atoms with van der Waals surface area (Å²) in [5.41, 5.74) is 0.403. The monoisotopic (exact) mass is 416 g/mol. The number of carbonyl (C=O) groups excluding carboxylic acids is 2. The Kier molecular flexibility index (Phi) is 6.59. The summed E-state index contributed by atoms with van der Waals surface area (Å²) >= 11 is 0. The number of carbonyl (C=O) groups is 2. The Hall–Kier alpha value is -3.09. The molecule has 30 heavy (non-hydrogen) atoms. The molecule has 1 aliphatic heterocycles. The van der Waals surface area contributed by atoms with E-state index in [1.807, 2.05) is 30.3 Å². The minimum Gasteiger partial charge on any atom is -0.339 e. The summed E-state index contributed by atoms with van der Waals surface area (Å²) in [5, 5.41) is 2.59. The molecule has 0 unspecified atom stereocenters. The van der Waals surface area contributed by atoms with E-state index in [0.717, 1.165) is 11.6 Å². The molecule has 0 bridgehead atoms. The molecule has 2 aromatic carbocycles. The number of rotatable bonds is 4. The van der Waals surface area contributed by atoms with Crippen LogP contribution in [0.4, 0.5) is 18.9 Å². The van der Waals surface area contributed by atoms with Crippen LogP contribution in [-0.2, 0) is 15.8 Å². The number of aryl methyl sites for hydroxylation is 1. The van der Waals surface area contributed by atoms with Crippen LogP contribution >= 0.6 is 0 Å². The quantitative estimate of drug-likeness (QED) is 0.721. The first-order valence-electron chi connectivity index (χ1n) is 9.75. The molecule has 0 aliphatic carbocycles. The van der Waals surface area contributed by atoms with Crippen molar-refractivity contribution in [3.05, 3.63) is 71.3 Å². The van der Waals surface area contributed by atoms with Gasteiger partial charge < -0.3 is 10.2 Å². The molecule has 0 spiro atoms. The van der Waals surface area contributed by atoms with Gasteiger partial charge in [0, 0.05) is 30.8 Å². The second-order valence-corrected chi connectivity index (χ2v) is 7.36. The van der Waals surface area contributed by atoms with Crippen molar-refractivity contribution in [1.29, 1.82) is 0 Å². The van der Waals surface area contributed by atoms with Crippen LogP contribution in [0.5, 0.6) is 0 Å². The van der Waals surface area contributed by atoms with Gasteiger partial charge >= 0.3 is 6.18 Å². The van der Waals surface area contributed by atoms with Crippen molar-refractivity contribution >= 4 is 23.6 Å². The number of likely N-dealkylation sites (tertiary alicyclic amines) is 1. The lowest BCUT2D eigenvalue weighted by molar-refractivity contribution is -0.138. The van der Waals surface area contributed by atoms with Gasteiger partial charge in [0.2, 0.25) is 11.8 Å². The number of hydrogen-bond donors (Lipinski definition) is 1. The smallest absolute Gasteiger partial charge is 0.339 e. The Bertz CT molecular complexity index is 931. The van der Waals surface area contributed by atoms with Gasteiger partial charge in [0.15, 0.2) is 0 Å². The number of nitrogens with one attached hydrogen (secondary N) is 1. The van der Waals surface area contributed by atoms with E-state index < -0.39 is 11.7 Å². The fourth-order valence-corrected chi connectivity index (χ4v) is 3.45. The van der Waals surface area contributed by atoms with Crippen LogP contribution in [0.25, 0.3) is 6.08 Å². The number of alkyl halides is 3. The molecule has 0 radical (unpaired) electrons. The maximum atomic E-state index is 13.1. The van der Waals surface area contributed by atoms with Gasteiger partial charge in [0.25, 0.3) is 0 Å². The van der Waals surface area contributed by atoms with E-state index in [2.05, 4.69) is 5.32 Å². The van der Waals surface area contributed by atoms with E-state index in [1.165, 1.54) is 25.1 Å². The van der Waals surface area contributed by atoms with E-state index in [9.17, 15) is 22.8 Å². The predicted molar refractivity (Wildman–Crippen MR) is 110 cm³/mol. The molecule has 2 amide bonds. The van der Waals surface area contributed by atoms with E-state index in [-0.39, 0.29) is 29.0 Å². The molecule has 1 fully saturated rings. The molecule has 2 aromatic rings. The number of anilines is 1. The molecule has 1 N–H and O–H groups in total. The van der Waals surface area contributed by atoms with Crippen molar-refractivity contribution in [2.45, 2.75) is 25.9 Å². The highest BCUT2D eigenvalue weighted by Crippen LogP contribution is 2.33. The molecule has 1 heterocycles. The van der Waals surface area contributed by atoms with Crippen LogP contribution in [0.1, 0.15) is 29.5 Å². The lowest BCUT2D eigenvalue weighted by atomic mass is 9.95. The second-order valence-electron chi connectivity index (χ2n) is 7.36. The van der Waals surface area contributed by atoms with Crippen LogP contribution in [-0.4, -0.2) is 29.8 Å². The first-order valence-corrected chi connectivity index (χ1v) is 9.75. The molecule has 4 nitrogen and oxygen atoms in total. The van der Waals surface area contributed by atoms with Gasteiger partial charge in [-0.1, -0.05) is 36.4 Å². The van der Waals surface area contributed by atoms with Gasteiger partial charge in [-0.2, -0.15) is 13.2 Å². The standard InChI is InChI=1S/C23H23F3N2O2/c1-16-7-9-19(15-20(16)23(24,25)26)27-22(30)18-11-13-28(14-12-18)21(29)10-8-17-5-3-2-4-6-17/h2-10,15,18H,11-14H2,1H3,(H,27,30)/b10-8+. The minimum absolute atomic E-state index is 0.107. The number of halogens is 3. The first-order chi connectivity index (χ1) is 14.2. The van der Waals surface area contributed by atoms with Crippen LogP contribution in [0.2, 0.25) is 0 Å². The number of nitrogens with zero attached hydrogens (tertiary/aromatic N) is 1. The second kappa shape index (κ2) is 9.15. The van der Waals surface area contributed by atoms with Crippen LogP contribution in [0, 0.1) is 12.8 Å². The third kappa shape index (κ3) is 5.49. The molecule has 7 heteroatoms. The van der Waals surface area contributed by atoms with Gasteiger partial charge in [-0.05, 0) is 49.1 Å². The zero-order chi connectivity index (χ0) is 21.7. The summed E-state index contributed by atoms with van der Waals surface area (Å²) in [6.07, 6.45) is -0.273. The summed E-state index contributed by atoms with van der Waals surface area (Å²) in [5.74, 6) is -0.784. The average molecular weight is 416 g/mol. The maximum absolute atomic E-state index is 13.1. The van der Waals surface area contributed by atoms with E-state index in [0.29, 0.717) is 25.9 Å². The Balaban J connectivity index is 1.54. The Morgan fingerprint density at radius 1 is 1.07 bits per heavy atom. The summed E-state index contributed by atoms with van der Waals surface area (Å²) in [7, 11) is 0. The molecule has 0 atom stereocenters. The van der Waals surface area contributed by atoms with Crippen LogP contribution < -0.4 is 5.32 Å². The predicted octanol–water partition coefficient (Wildman–Crippen LogP) is 4.90. The molecule has 1 aliphatic rings. The van der Waals surface area contributed by atoms with E-state index in [4.69, 9.17) is 0 Å². The van der Waals surface area contributed by atoms with Crippen molar-refractivity contribution in [1.82, 2.24) is 4.90 Å². The fourth-order valence-electron chi connectivity index (χ4n) is 3.45. The maximum Gasteiger partial charge on any atom is 0.416 e. The number of piperidine rings is 1. The normalized spacial score (nSPS) is 15.4. The van der Waals surface area contributed by atoms with E-state index in [1.54, 1.807) is 11.0 Å². The number of amides is 2. The van der Waals surface area contributed by atoms with Crippen LogP contribution in [0.15, 0.2) is 54.6 Å². The Morgan fingerprint density at radius 3 is 2.37 bits per heavy atom. The van der Waals surface area contributed by atoms with Gasteiger partial charge in [-0.15, -0.1) is 0 Å². The largest absolute Gasteiger partial charge is 0.416 e. The number of benzene rings is 2. The van der Waals surface area contributed by atoms with Gasteiger partial charge in [-0.25, -0.2) is 0 Å². The van der Waals surface area contributed by atoms with Gasteiger partial charge in [-0.3, -0.25) is 9.59 Å². The third-order valence-electron chi connectivity index (χ3n) is 5.21. The molecule has 0 saturated carbocycles.